The van der Waals surface area contributed by atoms with Gasteiger partial charge in [-0.05, 0) is 49.8 Å². The fraction of sp³-hybridized carbons (Fsp3) is 0.538. The molecule has 3 nitrogen and oxygen atoms in total. The van der Waals surface area contributed by atoms with Crippen LogP contribution in [0, 0.1) is 5.92 Å². The van der Waals surface area contributed by atoms with E-state index in [1.54, 1.807) is 0 Å². The van der Waals surface area contributed by atoms with E-state index in [1.165, 1.54) is 25.7 Å². The van der Waals surface area contributed by atoms with Crippen molar-refractivity contribution >= 4 is 17.1 Å². The Morgan fingerprint density at radius 1 is 1.06 bits per heavy atom. The Morgan fingerprint density at radius 2 is 1.75 bits per heavy atom. The molecule has 1 aliphatic carbocycles. The highest BCUT2D eigenvalue weighted by molar-refractivity contribution is 5.69. The van der Waals surface area contributed by atoms with Gasteiger partial charge in [0.2, 0.25) is 0 Å². The largest absolute Gasteiger partial charge is 0.397 e. The standard InChI is InChI=1S/C13H21N3/c1-9-2-4-10(5-3-9)16-11-6-7-12(14)13(15)8-11/h6-10,16H,2-5,14-15H2,1H3. The van der Waals surface area contributed by atoms with Crippen LogP contribution in [0.5, 0.6) is 0 Å². The molecular formula is C13H21N3. The van der Waals surface area contributed by atoms with Gasteiger partial charge in [-0.2, -0.15) is 0 Å². The normalized spacial score (nSPS) is 25.3. The van der Waals surface area contributed by atoms with Crippen LogP contribution in [0.25, 0.3) is 0 Å². The molecule has 0 heterocycles. The molecule has 16 heavy (non-hydrogen) atoms. The van der Waals surface area contributed by atoms with Gasteiger partial charge in [-0.25, -0.2) is 0 Å². The molecule has 88 valence electrons. The van der Waals surface area contributed by atoms with Crippen molar-refractivity contribution in [3.8, 4) is 0 Å². The summed E-state index contributed by atoms with van der Waals surface area (Å²) in [7, 11) is 0. The Kier molecular flexibility index (Phi) is 3.22. The second-order valence-corrected chi connectivity index (χ2v) is 4.94. The molecule has 1 aromatic carbocycles. The molecule has 1 saturated carbocycles. The van der Waals surface area contributed by atoms with Crippen LogP contribution < -0.4 is 16.8 Å². The van der Waals surface area contributed by atoms with E-state index in [1.807, 2.05) is 18.2 Å². The SMILES string of the molecule is CC1CCC(Nc2ccc(N)c(N)c2)CC1. The molecule has 0 amide bonds. The van der Waals surface area contributed by atoms with Crippen LogP contribution in [0.3, 0.4) is 0 Å². The molecule has 0 spiro atoms. The number of rotatable bonds is 2. The summed E-state index contributed by atoms with van der Waals surface area (Å²) in [5.74, 6) is 0.884. The van der Waals surface area contributed by atoms with E-state index in [4.69, 9.17) is 11.5 Å². The average molecular weight is 219 g/mol. The Balaban J connectivity index is 1.96. The monoisotopic (exact) mass is 219 g/mol. The molecule has 0 bridgehead atoms. The van der Waals surface area contributed by atoms with E-state index in [0.717, 1.165) is 11.6 Å². The number of anilines is 3. The van der Waals surface area contributed by atoms with Gasteiger partial charge in [-0.1, -0.05) is 6.92 Å². The molecule has 1 aromatic rings. The first-order valence-electron chi connectivity index (χ1n) is 6.06. The third kappa shape index (κ3) is 2.60. The van der Waals surface area contributed by atoms with Crippen LogP contribution in [-0.4, -0.2) is 6.04 Å². The summed E-state index contributed by atoms with van der Waals surface area (Å²) in [6.45, 7) is 2.33. The number of nitrogens with two attached hydrogens (primary N) is 2. The van der Waals surface area contributed by atoms with Gasteiger partial charge < -0.3 is 16.8 Å². The minimum absolute atomic E-state index is 0.597. The van der Waals surface area contributed by atoms with Crippen LogP contribution in [0.1, 0.15) is 32.6 Å². The molecule has 0 atom stereocenters. The van der Waals surface area contributed by atoms with Gasteiger partial charge in [0.1, 0.15) is 0 Å². The zero-order valence-electron chi connectivity index (χ0n) is 9.87. The number of benzene rings is 1. The average Bonchev–Trinajstić information content (AvgIpc) is 2.27. The highest BCUT2D eigenvalue weighted by atomic mass is 14.9. The van der Waals surface area contributed by atoms with Gasteiger partial charge in [-0.3, -0.25) is 0 Å². The molecule has 0 aromatic heterocycles. The maximum atomic E-state index is 5.78. The predicted octanol–water partition coefficient (Wildman–Crippen LogP) is 2.84. The number of nitrogens with one attached hydrogen (secondary N) is 1. The lowest BCUT2D eigenvalue weighted by Crippen LogP contribution is -2.25. The molecule has 0 saturated heterocycles. The topological polar surface area (TPSA) is 64.1 Å². The predicted molar refractivity (Wildman–Crippen MR) is 70.3 cm³/mol. The van der Waals surface area contributed by atoms with Crippen molar-refractivity contribution < 1.29 is 0 Å². The number of hydrogen-bond acceptors (Lipinski definition) is 3. The van der Waals surface area contributed by atoms with Crippen molar-refractivity contribution in [1.82, 2.24) is 0 Å². The third-order valence-corrected chi connectivity index (χ3v) is 3.47. The lowest BCUT2D eigenvalue weighted by atomic mass is 9.87. The Hall–Kier alpha value is -1.38. The van der Waals surface area contributed by atoms with Crippen molar-refractivity contribution in [2.24, 2.45) is 5.92 Å². The summed E-state index contributed by atoms with van der Waals surface area (Å²) in [4.78, 5) is 0. The minimum atomic E-state index is 0.597. The highest BCUT2D eigenvalue weighted by Gasteiger charge is 2.17. The molecule has 0 aliphatic heterocycles. The van der Waals surface area contributed by atoms with Crippen LogP contribution in [0.4, 0.5) is 17.1 Å². The quantitative estimate of drug-likeness (QED) is 0.670. The fourth-order valence-electron chi connectivity index (χ4n) is 2.30. The number of nitrogen functional groups attached to an aromatic ring is 2. The van der Waals surface area contributed by atoms with Crippen molar-refractivity contribution in [2.75, 3.05) is 16.8 Å². The van der Waals surface area contributed by atoms with Crippen molar-refractivity contribution in [1.29, 1.82) is 0 Å². The Morgan fingerprint density at radius 3 is 2.38 bits per heavy atom. The van der Waals surface area contributed by atoms with E-state index >= 15 is 0 Å². The van der Waals surface area contributed by atoms with Crippen LogP contribution >= 0.6 is 0 Å². The third-order valence-electron chi connectivity index (χ3n) is 3.47. The Labute approximate surface area is 97.2 Å². The molecular weight excluding hydrogens is 198 g/mol. The van der Waals surface area contributed by atoms with Crippen LogP contribution in [0.2, 0.25) is 0 Å². The van der Waals surface area contributed by atoms with Gasteiger partial charge in [0.15, 0.2) is 0 Å². The van der Waals surface area contributed by atoms with Gasteiger partial charge in [0, 0.05) is 11.7 Å². The molecule has 2 rings (SSSR count). The molecule has 1 aliphatic rings. The van der Waals surface area contributed by atoms with E-state index < -0.39 is 0 Å². The van der Waals surface area contributed by atoms with E-state index in [-0.39, 0.29) is 0 Å². The van der Waals surface area contributed by atoms with E-state index in [2.05, 4.69) is 12.2 Å². The Bertz CT molecular complexity index is 354. The first-order chi connectivity index (χ1) is 7.65. The molecule has 5 N–H and O–H groups in total. The molecule has 0 radical (unpaired) electrons. The highest BCUT2D eigenvalue weighted by Crippen LogP contribution is 2.27. The van der Waals surface area contributed by atoms with Gasteiger partial charge >= 0.3 is 0 Å². The minimum Gasteiger partial charge on any atom is -0.397 e. The lowest BCUT2D eigenvalue weighted by molar-refractivity contribution is 0.361. The second kappa shape index (κ2) is 4.64. The summed E-state index contributed by atoms with van der Waals surface area (Å²) in [5.41, 5.74) is 13.9. The first-order valence-corrected chi connectivity index (χ1v) is 6.06. The van der Waals surface area contributed by atoms with Crippen LogP contribution in [0.15, 0.2) is 18.2 Å². The maximum Gasteiger partial charge on any atom is 0.0568 e. The molecule has 0 unspecified atom stereocenters. The summed E-state index contributed by atoms with van der Waals surface area (Å²) in [5, 5.41) is 3.53. The van der Waals surface area contributed by atoms with Crippen LogP contribution in [-0.2, 0) is 0 Å². The fourth-order valence-corrected chi connectivity index (χ4v) is 2.30. The summed E-state index contributed by atoms with van der Waals surface area (Å²) in [6, 6.07) is 6.39. The number of hydrogen-bond donors (Lipinski definition) is 3. The van der Waals surface area contributed by atoms with E-state index in [0.29, 0.717) is 17.4 Å². The van der Waals surface area contributed by atoms with E-state index in [9.17, 15) is 0 Å². The van der Waals surface area contributed by atoms with Crippen molar-refractivity contribution in [2.45, 2.75) is 38.6 Å². The lowest BCUT2D eigenvalue weighted by Gasteiger charge is -2.27. The first kappa shape index (κ1) is 11.1. The summed E-state index contributed by atoms with van der Waals surface area (Å²) < 4.78 is 0. The second-order valence-electron chi connectivity index (χ2n) is 4.94. The zero-order chi connectivity index (χ0) is 11.5. The van der Waals surface area contributed by atoms with Gasteiger partial charge in [-0.15, -0.1) is 0 Å². The van der Waals surface area contributed by atoms with Crippen molar-refractivity contribution in [3.63, 3.8) is 0 Å². The molecule has 1 fully saturated rings. The van der Waals surface area contributed by atoms with Gasteiger partial charge in [0.25, 0.3) is 0 Å². The van der Waals surface area contributed by atoms with Gasteiger partial charge in [0.05, 0.1) is 11.4 Å². The maximum absolute atomic E-state index is 5.78. The van der Waals surface area contributed by atoms with Crippen molar-refractivity contribution in [3.05, 3.63) is 18.2 Å². The zero-order valence-corrected chi connectivity index (χ0v) is 9.87. The summed E-state index contributed by atoms with van der Waals surface area (Å²) >= 11 is 0. The molecule has 3 heteroatoms. The summed E-state index contributed by atoms with van der Waals surface area (Å²) in [6.07, 6.45) is 5.15. The smallest absolute Gasteiger partial charge is 0.0568 e.